The van der Waals surface area contributed by atoms with Crippen molar-refractivity contribution in [3.63, 3.8) is 0 Å². The summed E-state index contributed by atoms with van der Waals surface area (Å²) >= 11 is 0. The number of urea groups is 1. The lowest BCUT2D eigenvalue weighted by Crippen LogP contribution is -2.52. The average molecular weight is 486 g/mol. The van der Waals surface area contributed by atoms with Gasteiger partial charge in [0.15, 0.2) is 5.76 Å². The van der Waals surface area contributed by atoms with Crippen molar-refractivity contribution in [2.45, 2.75) is 18.5 Å². The quantitative estimate of drug-likeness (QED) is 0.620. The van der Waals surface area contributed by atoms with Gasteiger partial charge in [-0.1, -0.05) is 12.1 Å². The average Bonchev–Trinajstić information content (AvgIpc) is 3.33. The first-order chi connectivity index (χ1) is 16.3. The first-order valence-electron chi connectivity index (χ1n) is 11.2. The van der Waals surface area contributed by atoms with Gasteiger partial charge in [-0.3, -0.25) is 4.84 Å². The number of hydrogen-bond donors (Lipinski definition) is 1. The van der Waals surface area contributed by atoms with Crippen LogP contribution in [-0.2, 0) is 25.3 Å². The van der Waals surface area contributed by atoms with Gasteiger partial charge in [-0.15, -0.1) is 0 Å². The minimum atomic E-state index is -4.40. The third-order valence-electron chi connectivity index (χ3n) is 6.13. The molecular weight excluding hydrogens is 457 g/mol. The Morgan fingerprint density at radius 1 is 1.09 bits per heavy atom. The molecule has 2 fully saturated rings. The van der Waals surface area contributed by atoms with E-state index in [-0.39, 0.29) is 17.9 Å². The number of hydrogen-bond acceptors (Lipinski definition) is 7. The number of halogens is 3. The van der Waals surface area contributed by atoms with Crippen LogP contribution in [-0.4, -0.2) is 80.7 Å². The van der Waals surface area contributed by atoms with Crippen LogP contribution in [0.3, 0.4) is 0 Å². The van der Waals surface area contributed by atoms with Gasteiger partial charge in [-0.25, -0.2) is 4.79 Å². The molecule has 0 bridgehead atoms. The highest BCUT2D eigenvalue weighted by Crippen LogP contribution is 2.37. The molecule has 2 saturated heterocycles. The molecule has 34 heavy (non-hydrogen) atoms. The van der Waals surface area contributed by atoms with Crippen LogP contribution in [0.4, 0.5) is 18.0 Å². The zero-order chi connectivity index (χ0) is 24.1. The van der Waals surface area contributed by atoms with Crippen molar-refractivity contribution in [3.8, 4) is 0 Å². The minimum Gasteiger partial charge on any atom is -0.389 e. The third kappa shape index (κ3) is 5.93. The number of benzene rings is 1. The second-order valence-corrected chi connectivity index (χ2v) is 8.41. The highest BCUT2D eigenvalue weighted by atomic mass is 19.4. The molecule has 3 aliphatic rings. The maximum absolute atomic E-state index is 13.2. The topological polar surface area (TPSA) is 75.7 Å². The molecule has 3 heterocycles. The van der Waals surface area contributed by atoms with Crippen molar-refractivity contribution in [2.75, 3.05) is 59.7 Å². The van der Waals surface area contributed by atoms with E-state index in [1.165, 1.54) is 17.3 Å². The number of hydrazine groups is 1. The van der Waals surface area contributed by atoms with Gasteiger partial charge >= 0.3 is 12.2 Å². The molecule has 0 radical (unpaired) electrons. The lowest BCUT2D eigenvalue weighted by Gasteiger charge is -2.40. The second kappa shape index (κ2) is 10.8. The number of morpholine rings is 1. The molecule has 2 atom stereocenters. The number of alkyl halides is 3. The van der Waals surface area contributed by atoms with Gasteiger partial charge in [-0.05, 0) is 29.7 Å². The predicted molar refractivity (Wildman–Crippen MR) is 114 cm³/mol. The van der Waals surface area contributed by atoms with Crippen LogP contribution < -0.4 is 5.59 Å². The monoisotopic (exact) mass is 486 g/mol. The van der Waals surface area contributed by atoms with Crippen LogP contribution in [0.15, 0.2) is 36.2 Å². The van der Waals surface area contributed by atoms with E-state index in [9.17, 15) is 18.0 Å². The van der Waals surface area contributed by atoms with E-state index in [0.29, 0.717) is 64.8 Å². The number of carbonyl (C=O) groups is 1. The normalized spacial score (nSPS) is 23.6. The summed E-state index contributed by atoms with van der Waals surface area (Å²) in [6.45, 7) is 3.54. The van der Waals surface area contributed by atoms with E-state index in [1.807, 2.05) is 0 Å². The highest BCUT2D eigenvalue weighted by molar-refractivity contribution is 5.75. The van der Waals surface area contributed by atoms with E-state index >= 15 is 0 Å². The summed E-state index contributed by atoms with van der Waals surface area (Å²) in [5.41, 5.74) is 2.71. The predicted octanol–water partition coefficient (Wildman–Crippen LogP) is 2.73. The summed E-state index contributed by atoms with van der Waals surface area (Å²) < 4.78 is 49.4. The van der Waals surface area contributed by atoms with E-state index in [0.717, 1.165) is 17.7 Å². The summed E-state index contributed by atoms with van der Waals surface area (Å²) in [4.78, 5) is 27.8. The van der Waals surface area contributed by atoms with E-state index in [4.69, 9.17) is 19.1 Å². The van der Waals surface area contributed by atoms with E-state index in [1.54, 1.807) is 23.1 Å². The Kier molecular flexibility index (Phi) is 7.81. The number of nitrogens with one attached hydrogen (secondary N) is 1. The van der Waals surface area contributed by atoms with Crippen molar-refractivity contribution in [1.29, 1.82) is 0 Å². The van der Waals surface area contributed by atoms with Crippen LogP contribution in [0.5, 0.6) is 0 Å². The first-order valence-corrected chi connectivity index (χ1v) is 11.2. The number of amides is 2. The van der Waals surface area contributed by atoms with Gasteiger partial charge < -0.3 is 24.1 Å². The van der Waals surface area contributed by atoms with Crippen LogP contribution in [0, 0.1) is 5.92 Å². The molecule has 4 rings (SSSR count). The maximum atomic E-state index is 13.2. The van der Waals surface area contributed by atoms with Crippen molar-refractivity contribution < 1.29 is 37.1 Å². The summed E-state index contributed by atoms with van der Waals surface area (Å²) in [6.07, 6.45) is -2.11. The van der Waals surface area contributed by atoms with E-state index < -0.39 is 11.7 Å². The number of likely N-dealkylation sites (tertiary alicyclic amines) is 1. The van der Waals surface area contributed by atoms with Gasteiger partial charge in [0.1, 0.15) is 6.61 Å². The number of rotatable bonds is 6. The smallest absolute Gasteiger partial charge is 0.389 e. The van der Waals surface area contributed by atoms with Gasteiger partial charge in [0, 0.05) is 45.1 Å². The standard InChI is InChI=1S/C22H29F3N4O5/c1-31-10-11-33-29-15-20(34-26-29)18-12-17(16-2-4-19(5-3-16)22(23,24)25)13-28(14-18)21(30)27-6-8-32-9-7-27/h2-5,15,17-18,26H,6-14H2,1H3. The molecule has 1 aromatic rings. The molecule has 0 aliphatic carbocycles. The number of carbonyl (C=O) groups excluding carboxylic acids is 1. The SMILES string of the molecule is COCCON1C=C(C2CC(c3ccc(C(F)(F)F)cc3)CN(C(=O)N3CCOCC3)C2)ON1. The lowest BCUT2D eigenvalue weighted by molar-refractivity contribution is -0.213. The zero-order valence-electron chi connectivity index (χ0n) is 18.9. The molecule has 188 valence electrons. The third-order valence-corrected chi connectivity index (χ3v) is 6.13. The largest absolute Gasteiger partial charge is 0.416 e. The van der Waals surface area contributed by atoms with Crippen molar-refractivity contribution in [1.82, 2.24) is 20.6 Å². The van der Waals surface area contributed by atoms with Crippen molar-refractivity contribution in [3.05, 3.63) is 47.4 Å². The number of nitrogens with zero attached hydrogens (tertiary/aromatic N) is 3. The Bertz CT molecular complexity index is 861. The van der Waals surface area contributed by atoms with Crippen molar-refractivity contribution in [2.24, 2.45) is 5.92 Å². The van der Waals surface area contributed by atoms with Crippen molar-refractivity contribution >= 4 is 6.03 Å². The van der Waals surface area contributed by atoms with Gasteiger partial charge in [0.25, 0.3) is 0 Å². The fourth-order valence-corrected chi connectivity index (χ4v) is 4.34. The molecule has 2 unspecified atom stereocenters. The van der Waals surface area contributed by atoms with Crippen LogP contribution in [0.25, 0.3) is 0 Å². The van der Waals surface area contributed by atoms with Crippen LogP contribution >= 0.6 is 0 Å². The molecule has 0 saturated carbocycles. The maximum Gasteiger partial charge on any atom is 0.416 e. The molecule has 0 aromatic heterocycles. The fraction of sp³-hybridized carbons (Fsp3) is 0.591. The zero-order valence-corrected chi connectivity index (χ0v) is 18.9. The Morgan fingerprint density at radius 3 is 2.47 bits per heavy atom. The molecule has 9 nitrogen and oxygen atoms in total. The lowest BCUT2D eigenvalue weighted by atomic mass is 9.83. The van der Waals surface area contributed by atoms with Gasteiger partial charge in [0.2, 0.25) is 0 Å². The molecule has 3 aliphatic heterocycles. The summed E-state index contributed by atoms with van der Waals surface area (Å²) in [6, 6.07) is 5.06. The number of methoxy groups -OCH3 is 1. The Balaban J connectivity index is 1.52. The Hall–Kier alpha value is -2.54. The molecule has 1 aromatic carbocycles. The summed E-state index contributed by atoms with van der Waals surface area (Å²) in [5.74, 6) is 0.266. The summed E-state index contributed by atoms with van der Waals surface area (Å²) in [5, 5.41) is 1.34. The van der Waals surface area contributed by atoms with Crippen LogP contribution in [0.2, 0.25) is 0 Å². The van der Waals surface area contributed by atoms with Gasteiger partial charge in [-0.2, -0.15) is 18.3 Å². The molecule has 2 amide bonds. The second-order valence-electron chi connectivity index (χ2n) is 8.41. The molecular formula is C22H29F3N4O5. The minimum absolute atomic E-state index is 0.107. The van der Waals surface area contributed by atoms with E-state index in [2.05, 4.69) is 5.59 Å². The molecule has 12 heteroatoms. The first kappa shape index (κ1) is 24.6. The number of hydroxylamine groups is 1. The fourth-order valence-electron chi connectivity index (χ4n) is 4.34. The molecule has 1 N–H and O–H groups in total. The highest BCUT2D eigenvalue weighted by Gasteiger charge is 2.38. The number of piperidine rings is 1. The Morgan fingerprint density at radius 2 is 1.79 bits per heavy atom. The van der Waals surface area contributed by atoms with Crippen LogP contribution in [0.1, 0.15) is 23.5 Å². The summed E-state index contributed by atoms with van der Waals surface area (Å²) in [7, 11) is 1.57. The number of ether oxygens (including phenoxy) is 2. The molecule has 0 spiro atoms. The Labute approximate surface area is 195 Å². The van der Waals surface area contributed by atoms with Gasteiger partial charge in [0.05, 0.1) is 31.6 Å².